The van der Waals surface area contributed by atoms with E-state index in [9.17, 15) is 0 Å². The molecule has 1 heterocycles. The van der Waals surface area contributed by atoms with Crippen molar-refractivity contribution in [3.8, 4) is 11.1 Å². The summed E-state index contributed by atoms with van der Waals surface area (Å²) in [5.41, 5.74) is 4.66. The van der Waals surface area contributed by atoms with Crippen LogP contribution in [0.2, 0.25) is 0 Å². The molecule has 41 heavy (non-hydrogen) atoms. The molecule has 0 atom stereocenters. The molecule has 196 valence electrons. The standard InChI is InChI=1S/C38H29N2P/c1-3-16-31(17-4-1)41(32-18-5-2-6-19-32)36-25-23-29-14-8-10-21-34(29)38(36)37-33-20-9-7-13-28(33)22-24-35(37)40-27-30-15-11-12-26-39-30/h1-26,40H,27H2. The Balaban J connectivity index is 1.54. The van der Waals surface area contributed by atoms with Gasteiger partial charge in [-0.3, -0.25) is 4.98 Å². The molecule has 6 aromatic carbocycles. The van der Waals surface area contributed by atoms with Crippen LogP contribution in [0.1, 0.15) is 5.69 Å². The van der Waals surface area contributed by atoms with Gasteiger partial charge < -0.3 is 5.32 Å². The molecule has 0 amide bonds. The van der Waals surface area contributed by atoms with Gasteiger partial charge in [-0.25, -0.2) is 0 Å². The highest BCUT2D eigenvalue weighted by molar-refractivity contribution is 7.80. The van der Waals surface area contributed by atoms with Gasteiger partial charge in [0.1, 0.15) is 0 Å². The average Bonchev–Trinajstić information content (AvgIpc) is 3.05. The Labute approximate surface area is 242 Å². The summed E-state index contributed by atoms with van der Waals surface area (Å²) >= 11 is 0. The Bertz CT molecular complexity index is 1900. The molecule has 0 saturated carbocycles. The number of fused-ring (bicyclic) bond motifs is 2. The van der Waals surface area contributed by atoms with Gasteiger partial charge >= 0.3 is 0 Å². The number of anilines is 1. The predicted molar refractivity (Wildman–Crippen MR) is 177 cm³/mol. The van der Waals surface area contributed by atoms with Gasteiger partial charge in [-0.1, -0.05) is 133 Å². The van der Waals surface area contributed by atoms with Gasteiger partial charge in [0.05, 0.1) is 12.2 Å². The molecule has 1 N–H and O–H groups in total. The Morgan fingerprint density at radius 1 is 0.488 bits per heavy atom. The Kier molecular flexibility index (Phi) is 6.99. The third-order valence-electron chi connectivity index (χ3n) is 7.54. The number of nitrogens with one attached hydrogen (secondary N) is 1. The second kappa shape index (κ2) is 11.4. The molecule has 0 fully saturated rings. The van der Waals surface area contributed by atoms with Crippen molar-refractivity contribution in [2.45, 2.75) is 6.54 Å². The van der Waals surface area contributed by atoms with Crippen molar-refractivity contribution in [1.29, 1.82) is 0 Å². The first-order valence-electron chi connectivity index (χ1n) is 13.9. The van der Waals surface area contributed by atoms with E-state index in [1.165, 1.54) is 48.6 Å². The van der Waals surface area contributed by atoms with Crippen LogP contribution in [0.3, 0.4) is 0 Å². The molecule has 0 unspecified atom stereocenters. The van der Waals surface area contributed by atoms with Crippen LogP contribution >= 0.6 is 7.92 Å². The van der Waals surface area contributed by atoms with Crippen molar-refractivity contribution in [1.82, 2.24) is 4.98 Å². The molecule has 7 rings (SSSR count). The molecule has 0 saturated heterocycles. The normalized spacial score (nSPS) is 11.2. The summed E-state index contributed by atoms with van der Waals surface area (Å²) in [5, 5.41) is 12.8. The molecule has 2 nitrogen and oxygen atoms in total. The molecule has 0 aliphatic carbocycles. The zero-order valence-electron chi connectivity index (χ0n) is 22.6. The van der Waals surface area contributed by atoms with E-state index >= 15 is 0 Å². The van der Waals surface area contributed by atoms with Crippen LogP contribution in [0.5, 0.6) is 0 Å². The second-order valence-electron chi connectivity index (χ2n) is 10.1. The highest BCUT2D eigenvalue weighted by atomic mass is 31.1. The maximum atomic E-state index is 4.57. The lowest BCUT2D eigenvalue weighted by Gasteiger charge is -2.26. The molecule has 0 spiro atoms. The first-order valence-corrected chi connectivity index (χ1v) is 15.3. The minimum atomic E-state index is -0.825. The zero-order valence-corrected chi connectivity index (χ0v) is 23.5. The summed E-state index contributed by atoms with van der Waals surface area (Å²) in [6, 6.07) is 54.7. The lowest BCUT2D eigenvalue weighted by molar-refractivity contribution is 1.05. The van der Waals surface area contributed by atoms with E-state index in [-0.39, 0.29) is 0 Å². The van der Waals surface area contributed by atoms with Gasteiger partial charge in [-0.15, -0.1) is 0 Å². The summed E-state index contributed by atoms with van der Waals surface area (Å²) in [6.07, 6.45) is 1.86. The topological polar surface area (TPSA) is 24.9 Å². The second-order valence-corrected chi connectivity index (χ2v) is 12.3. The van der Waals surface area contributed by atoms with Crippen molar-refractivity contribution < 1.29 is 0 Å². The van der Waals surface area contributed by atoms with Crippen molar-refractivity contribution in [2.75, 3.05) is 5.32 Å². The molecule has 7 aromatic rings. The van der Waals surface area contributed by atoms with Crippen LogP contribution in [-0.4, -0.2) is 4.98 Å². The number of nitrogens with zero attached hydrogens (tertiary/aromatic N) is 1. The van der Waals surface area contributed by atoms with Gasteiger partial charge in [0, 0.05) is 23.0 Å². The highest BCUT2D eigenvalue weighted by Gasteiger charge is 2.24. The van der Waals surface area contributed by atoms with Crippen molar-refractivity contribution in [3.05, 3.63) is 164 Å². The van der Waals surface area contributed by atoms with Crippen LogP contribution < -0.4 is 21.2 Å². The number of aromatic nitrogens is 1. The van der Waals surface area contributed by atoms with Gasteiger partial charge in [0.25, 0.3) is 0 Å². The molecule has 0 aliphatic rings. The number of pyridine rings is 1. The van der Waals surface area contributed by atoms with Crippen LogP contribution in [0.4, 0.5) is 5.69 Å². The van der Waals surface area contributed by atoms with Gasteiger partial charge in [-0.2, -0.15) is 0 Å². The van der Waals surface area contributed by atoms with Crippen LogP contribution in [0.25, 0.3) is 32.7 Å². The molecule has 3 heteroatoms. The van der Waals surface area contributed by atoms with Gasteiger partial charge in [-0.05, 0) is 63.6 Å². The van der Waals surface area contributed by atoms with Gasteiger partial charge in [0.15, 0.2) is 0 Å². The van der Waals surface area contributed by atoms with Crippen LogP contribution in [0.15, 0.2) is 158 Å². The maximum absolute atomic E-state index is 4.57. The van der Waals surface area contributed by atoms with E-state index in [1.54, 1.807) is 0 Å². The van der Waals surface area contributed by atoms with E-state index < -0.39 is 7.92 Å². The fourth-order valence-electron chi connectivity index (χ4n) is 5.67. The number of rotatable bonds is 7. The largest absolute Gasteiger partial charge is 0.379 e. The zero-order chi connectivity index (χ0) is 27.4. The predicted octanol–water partition coefficient (Wildman–Crippen LogP) is 8.43. The summed E-state index contributed by atoms with van der Waals surface area (Å²) in [5.74, 6) is 0. The molecule has 0 aliphatic heterocycles. The summed E-state index contributed by atoms with van der Waals surface area (Å²) in [4.78, 5) is 4.57. The van der Waals surface area contributed by atoms with Crippen LogP contribution in [0, 0.1) is 0 Å². The first-order chi connectivity index (χ1) is 20.4. The van der Waals surface area contributed by atoms with E-state index in [2.05, 4.69) is 150 Å². The minimum absolute atomic E-state index is 0.651. The fourth-order valence-corrected chi connectivity index (χ4v) is 8.14. The monoisotopic (exact) mass is 544 g/mol. The minimum Gasteiger partial charge on any atom is -0.379 e. The van der Waals surface area contributed by atoms with E-state index in [1.807, 2.05) is 18.3 Å². The Morgan fingerprint density at radius 3 is 1.68 bits per heavy atom. The Morgan fingerprint density at radius 2 is 1.05 bits per heavy atom. The lowest BCUT2D eigenvalue weighted by Crippen LogP contribution is -2.22. The quantitative estimate of drug-likeness (QED) is 0.204. The first kappa shape index (κ1) is 25.2. The van der Waals surface area contributed by atoms with Gasteiger partial charge in [0.2, 0.25) is 0 Å². The fraction of sp³-hybridized carbons (Fsp3) is 0.0263. The third-order valence-corrected chi connectivity index (χ3v) is 10.0. The van der Waals surface area contributed by atoms with Crippen LogP contribution in [-0.2, 0) is 6.54 Å². The lowest BCUT2D eigenvalue weighted by atomic mass is 9.92. The molecule has 1 aromatic heterocycles. The summed E-state index contributed by atoms with van der Waals surface area (Å²) in [6.45, 7) is 0.651. The SMILES string of the molecule is c1ccc(P(c2ccccc2)c2ccc3ccccc3c2-c2c(NCc3ccccn3)ccc3ccccc23)cc1. The van der Waals surface area contributed by atoms with Crippen molar-refractivity contribution in [2.24, 2.45) is 0 Å². The smallest absolute Gasteiger partial charge is 0.0594 e. The number of hydrogen-bond donors (Lipinski definition) is 1. The number of benzene rings is 6. The van der Waals surface area contributed by atoms with Crippen molar-refractivity contribution >= 4 is 51.1 Å². The Hall–Kier alpha value is -4.78. The van der Waals surface area contributed by atoms with E-state index in [4.69, 9.17) is 0 Å². The maximum Gasteiger partial charge on any atom is 0.0594 e. The average molecular weight is 545 g/mol. The highest BCUT2D eigenvalue weighted by Crippen LogP contribution is 2.44. The molecular formula is C38H29N2P. The summed E-state index contributed by atoms with van der Waals surface area (Å²) in [7, 11) is -0.825. The van der Waals surface area contributed by atoms with Crippen molar-refractivity contribution in [3.63, 3.8) is 0 Å². The van der Waals surface area contributed by atoms with E-state index in [0.29, 0.717) is 6.54 Å². The third kappa shape index (κ3) is 4.99. The van der Waals surface area contributed by atoms with E-state index in [0.717, 1.165) is 11.4 Å². The number of hydrogen-bond acceptors (Lipinski definition) is 2. The molecule has 0 bridgehead atoms. The summed E-state index contributed by atoms with van der Waals surface area (Å²) < 4.78 is 0. The molecular weight excluding hydrogens is 515 g/mol. The molecule has 0 radical (unpaired) electrons.